The Labute approximate surface area is 148 Å². The second kappa shape index (κ2) is 7.07. The minimum absolute atomic E-state index is 0. The number of hydrogen-bond acceptors (Lipinski definition) is 6. The Morgan fingerprint density at radius 2 is 1.79 bits per heavy atom. The third-order valence-corrected chi connectivity index (χ3v) is 5.04. The lowest BCUT2D eigenvalue weighted by atomic mass is 9.77. The van der Waals surface area contributed by atoms with Crippen molar-refractivity contribution < 1.29 is 4.52 Å². The molecule has 1 aliphatic carbocycles. The average molecular weight is 350 g/mol. The van der Waals surface area contributed by atoms with Gasteiger partial charge in [-0.15, -0.1) is 12.4 Å². The number of nitrogens with two attached hydrogens (primary N) is 1. The highest BCUT2D eigenvalue weighted by Crippen LogP contribution is 2.37. The molecule has 2 aliphatic rings. The summed E-state index contributed by atoms with van der Waals surface area (Å²) in [6.45, 7) is 2.18. The summed E-state index contributed by atoms with van der Waals surface area (Å²) in [5, 5.41) is 4.06. The summed E-state index contributed by atoms with van der Waals surface area (Å²) in [4.78, 5) is 11.4. The van der Waals surface area contributed by atoms with Gasteiger partial charge in [0, 0.05) is 19.3 Å². The van der Waals surface area contributed by atoms with Crippen LogP contribution >= 0.6 is 12.4 Å². The minimum Gasteiger partial charge on any atom is -0.357 e. The Morgan fingerprint density at radius 3 is 2.38 bits per heavy atom. The molecule has 1 aliphatic heterocycles. The van der Waals surface area contributed by atoms with Gasteiger partial charge in [0.1, 0.15) is 5.82 Å². The first-order valence-electron chi connectivity index (χ1n) is 8.59. The summed E-state index contributed by atoms with van der Waals surface area (Å²) in [6, 6.07) is 4.06. The Hall–Kier alpha value is -1.66. The predicted molar refractivity (Wildman–Crippen MR) is 95.2 cm³/mol. The molecule has 0 unspecified atom stereocenters. The fraction of sp³-hybridized carbons (Fsp3) is 0.588. The predicted octanol–water partition coefficient (Wildman–Crippen LogP) is 3.27. The number of aromatic nitrogens is 3. The van der Waals surface area contributed by atoms with E-state index in [0.717, 1.165) is 43.7 Å². The van der Waals surface area contributed by atoms with Crippen LogP contribution in [-0.4, -0.2) is 28.2 Å². The number of pyridine rings is 1. The van der Waals surface area contributed by atoms with Crippen LogP contribution in [0.1, 0.15) is 50.8 Å². The highest BCUT2D eigenvalue weighted by Gasteiger charge is 2.39. The molecule has 0 bridgehead atoms. The summed E-state index contributed by atoms with van der Waals surface area (Å²) in [6.07, 6.45) is 9.94. The Balaban J connectivity index is 0.00000169. The molecule has 2 aromatic rings. The third-order valence-electron chi connectivity index (χ3n) is 5.04. The quantitative estimate of drug-likeness (QED) is 0.915. The largest absolute Gasteiger partial charge is 0.357 e. The van der Waals surface area contributed by atoms with E-state index >= 15 is 0 Å². The molecule has 0 amide bonds. The average Bonchev–Trinajstić information content (AvgIpc) is 2.89. The van der Waals surface area contributed by atoms with Crippen molar-refractivity contribution in [1.29, 1.82) is 0 Å². The highest BCUT2D eigenvalue weighted by atomic mass is 35.5. The van der Waals surface area contributed by atoms with Crippen LogP contribution in [-0.2, 0) is 5.54 Å². The van der Waals surface area contributed by atoms with E-state index in [9.17, 15) is 0 Å². The minimum atomic E-state index is -0.388. The van der Waals surface area contributed by atoms with Crippen LogP contribution in [0.4, 0.5) is 5.82 Å². The fourth-order valence-electron chi connectivity index (χ4n) is 3.32. The van der Waals surface area contributed by atoms with Gasteiger partial charge in [0.25, 0.3) is 5.89 Å². The van der Waals surface area contributed by atoms with Gasteiger partial charge < -0.3 is 15.2 Å². The lowest BCUT2D eigenvalue weighted by molar-refractivity contribution is 0.229. The lowest BCUT2D eigenvalue weighted by Crippen LogP contribution is -2.44. The van der Waals surface area contributed by atoms with Gasteiger partial charge in [0.2, 0.25) is 0 Å². The zero-order chi connectivity index (χ0) is 15.7. The molecule has 0 spiro atoms. The van der Waals surface area contributed by atoms with E-state index < -0.39 is 0 Å². The molecule has 2 N–H and O–H groups in total. The topological polar surface area (TPSA) is 81.1 Å². The van der Waals surface area contributed by atoms with Crippen molar-refractivity contribution in [2.24, 2.45) is 5.73 Å². The standard InChI is InChI=1S/C17H23N5O.ClH/c18-17(8-5-9-17)16-20-15(23-21-16)13-6-7-14(19-12-13)22-10-3-1-2-4-11-22;/h6-7,12H,1-5,8-11,18H2;1H. The van der Waals surface area contributed by atoms with Gasteiger partial charge in [-0.3, -0.25) is 0 Å². The molecule has 3 heterocycles. The number of nitrogens with zero attached hydrogens (tertiary/aromatic N) is 4. The van der Waals surface area contributed by atoms with E-state index in [-0.39, 0.29) is 17.9 Å². The van der Waals surface area contributed by atoms with E-state index in [0.29, 0.717) is 11.7 Å². The van der Waals surface area contributed by atoms with Gasteiger partial charge >= 0.3 is 0 Å². The number of rotatable bonds is 3. The molecule has 1 saturated heterocycles. The van der Waals surface area contributed by atoms with Crippen molar-refractivity contribution in [3.05, 3.63) is 24.2 Å². The lowest BCUT2D eigenvalue weighted by Gasteiger charge is -2.34. The molecule has 6 nitrogen and oxygen atoms in total. The summed E-state index contributed by atoms with van der Waals surface area (Å²) >= 11 is 0. The van der Waals surface area contributed by atoms with Crippen LogP contribution in [0.2, 0.25) is 0 Å². The second-order valence-corrected chi connectivity index (χ2v) is 6.74. The smallest absolute Gasteiger partial charge is 0.259 e. The van der Waals surface area contributed by atoms with Crippen LogP contribution in [0.5, 0.6) is 0 Å². The molecule has 2 fully saturated rings. The molecule has 1 saturated carbocycles. The highest BCUT2D eigenvalue weighted by molar-refractivity contribution is 5.85. The molecule has 4 rings (SSSR count). The van der Waals surface area contributed by atoms with Crippen molar-refractivity contribution in [1.82, 2.24) is 15.1 Å². The molecular weight excluding hydrogens is 326 g/mol. The van der Waals surface area contributed by atoms with Crippen molar-refractivity contribution in [2.75, 3.05) is 18.0 Å². The van der Waals surface area contributed by atoms with E-state index in [2.05, 4.69) is 20.0 Å². The zero-order valence-electron chi connectivity index (χ0n) is 13.8. The molecule has 0 atom stereocenters. The van der Waals surface area contributed by atoms with Crippen molar-refractivity contribution in [2.45, 2.75) is 50.5 Å². The maximum atomic E-state index is 6.24. The first-order chi connectivity index (χ1) is 11.2. The van der Waals surface area contributed by atoms with Gasteiger partial charge in [0.05, 0.1) is 11.1 Å². The van der Waals surface area contributed by atoms with Crippen LogP contribution < -0.4 is 10.6 Å². The molecule has 0 radical (unpaired) electrons. The molecule has 7 heteroatoms. The van der Waals surface area contributed by atoms with Gasteiger partial charge in [-0.2, -0.15) is 4.98 Å². The van der Waals surface area contributed by atoms with Crippen molar-refractivity contribution in [3.8, 4) is 11.5 Å². The van der Waals surface area contributed by atoms with Gasteiger partial charge in [-0.25, -0.2) is 4.98 Å². The Morgan fingerprint density at radius 1 is 1.04 bits per heavy atom. The van der Waals surface area contributed by atoms with Crippen LogP contribution in [0.15, 0.2) is 22.9 Å². The maximum Gasteiger partial charge on any atom is 0.259 e. The Kier molecular flexibility index (Phi) is 5.06. The SMILES string of the molecule is Cl.NC1(c2noc(-c3ccc(N4CCCCCC4)nc3)n2)CCC1. The maximum absolute atomic E-state index is 6.24. The first-order valence-corrected chi connectivity index (χ1v) is 8.59. The van der Waals surface area contributed by atoms with Gasteiger partial charge in [0.15, 0.2) is 5.82 Å². The number of hydrogen-bond donors (Lipinski definition) is 1. The van der Waals surface area contributed by atoms with Crippen LogP contribution in [0.25, 0.3) is 11.5 Å². The van der Waals surface area contributed by atoms with Crippen molar-refractivity contribution >= 4 is 18.2 Å². The van der Waals surface area contributed by atoms with E-state index in [1.165, 1.54) is 25.7 Å². The van der Waals surface area contributed by atoms with Gasteiger partial charge in [-0.05, 0) is 44.2 Å². The molecule has 24 heavy (non-hydrogen) atoms. The summed E-state index contributed by atoms with van der Waals surface area (Å²) in [5.41, 5.74) is 6.71. The van der Waals surface area contributed by atoms with Crippen molar-refractivity contribution in [3.63, 3.8) is 0 Å². The third kappa shape index (κ3) is 3.26. The molecule has 130 valence electrons. The van der Waals surface area contributed by atoms with Crippen LogP contribution in [0.3, 0.4) is 0 Å². The first kappa shape index (κ1) is 17.2. The zero-order valence-corrected chi connectivity index (χ0v) is 14.6. The summed E-state index contributed by atoms with van der Waals surface area (Å²) in [7, 11) is 0. The molecule has 2 aromatic heterocycles. The Bertz CT molecular complexity index is 660. The van der Waals surface area contributed by atoms with E-state index in [1.54, 1.807) is 0 Å². The van der Waals surface area contributed by atoms with E-state index in [1.807, 2.05) is 18.3 Å². The number of anilines is 1. The summed E-state index contributed by atoms with van der Waals surface area (Å²) < 4.78 is 5.38. The molecule has 0 aromatic carbocycles. The van der Waals surface area contributed by atoms with Gasteiger partial charge in [-0.1, -0.05) is 18.0 Å². The fourth-order valence-corrected chi connectivity index (χ4v) is 3.32. The second-order valence-electron chi connectivity index (χ2n) is 6.74. The molecular formula is C17H24ClN5O. The normalized spacial score (nSPS) is 20.0. The van der Waals surface area contributed by atoms with Crippen LogP contribution in [0, 0.1) is 0 Å². The van der Waals surface area contributed by atoms with E-state index in [4.69, 9.17) is 10.3 Å². The number of halogens is 1. The monoisotopic (exact) mass is 349 g/mol. The summed E-state index contributed by atoms with van der Waals surface area (Å²) in [5.74, 6) is 2.16.